The molecule has 3 nitrogen and oxygen atoms in total. The number of aromatic nitrogens is 2. The Morgan fingerprint density at radius 1 is 1.36 bits per heavy atom. The molecule has 0 saturated carbocycles. The van der Waals surface area contributed by atoms with E-state index in [-0.39, 0.29) is 5.92 Å². The molecule has 0 aliphatic rings. The summed E-state index contributed by atoms with van der Waals surface area (Å²) < 4.78 is 0. The van der Waals surface area contributed by atoms with Crippen LogP contribution in [0.4, 0.5) is 0 Å². The van der Waals surface area contributed by atoms with E-state index in [0.717, 1.165) is 5.69 Å². The molecular weight excluding hydrogens is 194 g/mol. The fourth-order valence-electron chi connectivity index (χ4n) is 1.37. The SMILES string of the molecule is NCC(c1cccnn1)c1cccs1. The van der Waals surface area contributed by atoms with Crippen molar-refractivity contribution in [3.8, 4) is 0 Å². The van der Waals surface area contributed by atoms with Gasteiger partial charge >= 0.3 is 0 Å². The topological polar surface area (TPSA) is 51.8 Å². The van der Waals surface area contributed by atoms with Crippen molar-refractivity contribution in [3.63, 3.8) is 0 Å². The number of rotatable bonds is 3. The average molecular weight is 205 g/mol. The van der Waals surface area contributed by atoms with Gasteiger partial charge in [0.2, 0.25) is 0 Å². The van der Waals surface area contributed by atoms with Crippen molar-refractivity contribution in [2.24, 2.45) is 5.73 Å². The van der Waals surface area contributed by atoms with Gasteiger partial charge in [0.25, 0.3) is 0 Å². The summed E-state index contributed by atoms with van der Waals surface area (Å²) in [6.45, 7) is 0.569. The van der Waals surface area contributed by atoms with Gasteiger partial charge in [-0.15, -0.1) is 11.3 Å². The molecule has 2 rings (SSSR count). The highest BCUT2D eigenvalue weighted by Gasteiger charge is 2.14. The van der Waals surface area contributed by atoms with Crippen molar-refractivity contribution in [1.29, 1.82) is 0 Å². The van der Waals surface area contributed by atoms with E-state index < -0.39 is 0 Å². The fourth-order valence-corrected chi connectivity index (χ4v) is 2.22. The Kier molecular flexibility index (Phi) is 2.86. The smallest absolute Gasteiger partial charge is 0.0726 e. The Morgan fingerprint density at radius 2 is 2.29 bits per heavy atom. The Morgan fingerprint density at radius 3 is 2.86 bits per heavy atom. The second-order valence-corrected chi connectivity index (χ2v) is 3.93. The highest BCUT2D eigenvalue weighted by Crippen LogP contribution is 2.25. The number of nitrogens with zero attached hydrogens (tertiary/aromatic N) is 2. The zero-order valence-corrected chi connectivity index (χ0v) is 8.45. The molecule has 0 amide bonds. The summed E-state index contributed by atoms with van der Waals surface area (Å²) in [5.74, 6) is 0.184. The van der Waals surface area contributed by atoms with Gasteiger partial charge in [-0.25, -0.2) is 0 Å². The Bertz CT molecular complexity index is 372. The maximum atomic E-state index is 5.73. The lowest BCUT2D eigenvalue weighted by molar-refractivity contribution is 0.772. The molecule has 0 bridgehead atoms. The first-order valence-corrected chi connectivity index (χ1v) is 5.31. The summed E-state index contributed by atoms with van der Waals surface area (Å²) in [6.07, 6.45) is 1.67. The second kappa shape index (κ2) is 4.30. The van der Waals surface area contributed by atoms with E-state index in [9.17, 15) is 0 Å². The first-order valence-electron chi connectivity index (χ1n) is 4.43. The minimum atomic E-state index is 0.184. The molecule has 14 heavy (non-hydrogen) atoms. The molecular formula is C10H11N3S. The normalized spacial score (nSPS) is 12.6. The Labute approximate surface area is 86.6 Å². The third-order valence-corrected chi connectivity index (χ3v) is 3.06. The second-order valence-electron chi connectivity index (χ2n) is 2.95. The van der Waals surface area contributed by atoms with Gasteiger partial charge in [-0.05, 0) is 23.6 Å². The first-order chi connectivity index (χ1) is 6.92. The van der Waals surface area contributed by atoms with Crippen LogP contribution in [0.3, 0.4) is 0 Å². The lowest BCUT2D eigenvalue weighted by Gasteiger charge is -2.10. The molecule has 2 aromatic rings. The maximum Gasteiger partial charge on any atom is 0.0726 e. The lowest BCUT2D eigenvalue weighted by Crippen LogP contribution is -2.14. The van der Waals surface area contributed by atoms with Crippen molar-refractivity contribution >= 4 is 11.3 Å². The summed E-state index contributed by atoms with van der Waals surface area (Å²) in [6, 6.07) is 7.96. The van der Waals surface area contributed by atoms with Gasteiger partial charge in [-0.3, -0.25) is 0 Å². The first kappa shape index (κ1) is 9.30. The van der Waals surface area contributed by atoms with Gasteiger partial charge in [0.05, 0.1) is 5.69 Å². The molecule has 0 aliphatic carbocycles. The van der Waals surface area contributed by atoms with Crippen LogP contribution in [0.5, 0.6) is 0 Å². The van der Waals surface area contributed by atoms with Gasteiger partial charge < -0.3 is 5.73 Å². The van der Waals surface area contributed by atoms with Gasteiger partial charge in [-0.1, -0.05) is 6.07 Å². The third-order valence-electron chi connectivity index (χ3n) is 2.07. The van der Waals surface area contributed by atoms with Crippen molar-refractivity contribution in [2.75, 3.05) is 6.54 Å². The number of hydrogen-bond donors (Lipinski definition) is 1. The van der Waals surface area contributed by atoms with E-state index in [1.54, 1.807) is 17.5 Å². The largest absolute Gasteiger partial charge is 0.329 e. The van der Waals surface area contributed by atoms with Crippen LogP contribution in [0.25, 0.3) is 0 Å². The molecule has 4 heteroatoms. The number of nitrogens with two attached hydrogens (primary N) is 1. The molecule has 1 atom stereocenters. The van der Waals surface area contributed by atoms with Crippen LogP contribution in [0, 0.1) is 0 Å². The van der Waals surface area contributed by atoms with Crippen LogP contribution in [-0.2, 0) is 0 Å². The van der Waals surface area contributed by atoms with E-state index in [0.29, 0.717) is 6.54 Å². The van der Waals surface area contributed by atoms with E-state index in [1.165, 1.54) is 4.88 Å². The zero-order valence-electron chi connectivity index (χ0n) is 7.63. The van der Waals surface area contributed by atoms with Gasteiger partial charge in [0, 0.05) is 23.5 Å². The van der Waals surface area contributed by atoms with Crippen LogP contribution >= 0.6 is 11.3 Å². The highest BCUT2D eigenvalue weighted by atomic mass is 32.1. The molecule has 0 aliphatic heterocycles. The minimum Gasteiger partial charge on any atom is -0.329 e. The Balaban J connectivity index is 2.31. The van der Waals surface area contributed by atoms with E-state index in [2.05, 4.69) is 16.3 Å². The summed E-state index contributed by atoms with van der Waals surface area (Å²) in [4.78, 5) is 1.24. The van der Waals surface area contributed by atoms with Crippen molar-refractivity contribution in [3.05, 3.63) is 46.4 Å². The van der Waals surface area contributed by atoms with Crippen molar-refractivity contribution in [2.45, 2.75) is 5.92 Å². The van der Waals surface area contributed by atoms with Gasteiger partial charge in [-0.2, -0.15) is 10.2 Å². The van der Waals surface area contributed by atoms with Crippen LogP contribution in [0.1, 0.15) is 16.5 Å². The quantitative estimate of drug-likeness (QED) is 0.828. The fraction of sp³-hybridized carbons (Fsp3) is 0.200. The molecule has 0 fully saturated rings. The summed E-state index contributed by atoms with van der Waals surface area (Å²) in [5, 5.41) is 9.99. The monoisotopic (exact) mass is 205 g/mol. The van der Waals surface area contributed by atoms with E-state index >= 15 is 0 Å². The highest BCUT2D eigenvalue weighted by molar-refractivity contribution is 7.10. The molecule has 2 N–H and O–H groups in total. The predicted molar refractivity (Wildman–Crippen MR) is 57.2 cm³/mol. The van der Waals surface area contributed by atoms with Crippen LogP contribution in [0.2, 0.25) is 0 Å². The zero-order chi connectivity index (χ0) is 9.80. The van der Waals surface area contributed by atoms with Crippen LogP contribution in [-0.4, -0.2) is 16.7 Å². The summed E-state index contributed by atoms with van der Waals surface area (Å²) >= 11 is 1.70. The lowest BCUT2D eigenvalue weighted by atomic mass is 10.0. The van der Waals surface area contributed by atoms with Gasteiger partial charge in [0.15, 0.2) is 0 Å². The molecule has 2 aromatic heterocycles. The number of thiophene rings is 1. The summed E-state index contributed by atoms with van der Waals surface area (Å²) in [5.41, 5.74) is 6.68. The van der Waals surface area contributed by atoms with Gasteiger partial charge in [0.1, 0.15) is 0 Å². The predicted octanol–water partition coefficient (Wildman–Crippen LogP) is 1.63. The third kappa shape index (κ3) is 1.81. The van der Waals surface area contributed by atoms with E-state index in [1.807, 2.05) is 23.6 Å². The molecule has 2 heterocycles. The Hall–Kier alpha value is -1.26. The van der Waals surface area contributed by atoms with E-state index in [4.69, 9.17) is 5.73 Å². The maximum absolute atomic E-state index is 5.73. The standard InChI is InChI=1S/C10H11N3S/c11-7-8(10-4-2-6-14-10)9-3-1-5-12-13-9/h1-6,8H,7,11H2. The molecule has 0 radical (unpaired) electrons. The molecule has 0 spiro atoms. The van der Waals surface area contributed by atoms with Crippen LogP contribution in [0.15, 0.2) is 35.8 Å². The molecule has 0 saturated heterocycles. The molecule has 1 unspecified atom stereocenters. The minimum absolute atomic E-state index is 0.184. The number of hydrogen-bond acceptors (Lipinski definition) is 4. The van der Waals surface area contributed by atoms with Crippen molar-refractivity contribution in [1.82, 2.24) is 10.2 Å². The van der Waals surface area contributed by atoms with Crippen molar-refractivity contribution < 1.29 is 0 Å². The van der Waals surface area contributed by atoms with Crippen LogP contribution < -0.4 is 5.73 Å². The average Bonchev–Trinajstić information content (AvgIpc) is 2.74. The molecule has 72 valence electrons. The molecule has 0 aromatic carbocycles. The summed E-state index contributed by atoms with van der Waals surface area (Å²) in [7, 11) is 0.